The summed E-state index contributed by atoms with van der Waals surface area (Å²) < 4.78 is 12.1. The van der Waals surface area contributed by atoms with E-state index in [2.05, 4.69) is 9.24 Å². The molecule has 0 aliphatic carbocycles. The van der Waals surface area contributed by atoms with Crippen LogP contribution >= 0.6 is 9.24 Å². The maximum atomic E-state index is 12.1. The van der Waals surface area contributed by atoms with Crippen molar-refractivity contribution < 1.29 is 4.39 Å². The molecule has 0 aliphatic heterocycles. The molecule has 0 heterocycles. The maximum Gasteiger partial charge on any atom is 0.123 e. The zero-order valence-electron chi connectivity index (χ0n) is 4.84. The zero-order chi connectivity index (χ0) is 5.98. The number of hydrogen-bond acceptors (Lipinski definition) is 0. The van der Waals surface area contributed by atoms with Crippen molar-refractivity contribution >= 4 is 23.0 Å². The molecule has 0 fully saturated rings. The summed E-state index contributed by atoms with van der Waals surface area (Å²) in [6, 6.07) is 6.28. The smallest absolute Gasteiger partial charge is 0.123 e. The highest BCUT2D eigenvalue weighted by Crippen LogP contribution is 1.94. The summed E-state index contributed by atoms with van der Waals surface area (Å²) in [4.78, 5) is 0. The van der Waals surface area contributed by atoms with E-state index in [1.807, 2.05) is 0 Å². The van der Waals surface area contributed by atoms with Gasteiger partial charge in [0.05, 0.1) is 0 Å². The number of halogens is 1. The second-order valence-electron chi connectivity index (χ2n) is 1.55. The van der Waals surface area contributed by atoms with Gasteiger partial charge < -0.3 is 0 Å². The van der Waals surface area contributed by atoms with Crippen molar-refractivity contribution in [1.82, 2.24) is 0 Å². The van der Waals surface area contributed by atoms with Gasteiger partial charge in [-0.15, -0.1) is 9.24 Å². The van der Waals surface area contributed by atoms with E-state index in [4.69, 9.17) is 0 Å². The Morgan fingerprint density at radius 3 is 1.89 bits per heavy atom. The maximum absolute atomic E-state index is 12.1. The average Bonchev–Trinajstić information content (AvgIpc) is 1.77. The van der Waals surface area contributed by atoms with Crippen LogP contribution in [0.5, 0.6) is 0 Å². The number of benzene rings is 1. The largest absolute Gasteiger partial charge is 0.207 e. The Hall–Kier alpha value is -0.355. The molecule has 0 aromatic heterocycles. The summed E-state index contributed by atoms with van der Waals surface area (Å²) in [6.45, 7) is 0. The van der Waals surface area contributed by atoms with Crippen LogP contribution in [0.1, 0.15) is 0 Å². The summed E-state index contributed by atoms with van der Waals surface area (Å²) in [5, 5.41) is 1.01. The molecule has 0 nitrogen and oxygen atoms in total. The number of rotatable bonds is 0. The van der Waals surface area contributed by atoms with E-state index in [-0.39, 0.29) is 14.2 Å². The molecule has 0 spiro atoms. The molecule has 0 amide bonds. The van der Waals surface area contributed by atoms with Crippen molar-refractivity contribution in [2.45, 2.75) is 0 Å². The van der Waals surface area contributed by atoms with Gasteiger partial charge >= 0.3 is 0 Å². The fourth-order valence-electron chi connectivity index (χ4n) is 0.463. The lowest BCUT2D eigenvalue weighted by molar-refractivity contribution is 0.628. The Labute approximate surface area is 58.2 Å². The number of hydrogen-bond donors (Lipinski definition) is 0. The third-order valence-electron chi connectivity index (χ3n) is 0.870. The van der Waals surface area contributed by atoms with Crippen LogP contribution in [0.2, 0.25) is 0 Å². The van der Waals surface area contributed by atoms with Crippen LogP contribution in [0.3, 0.4) is 0 Å². The fraction of sp³-hybridized carbons (Fsp3) is 0. The molecule has 1 rings (SSSR count). The minimum absolute atomic E-state index is 0. The minimum Gasteiger partial charge on any atom is -0.207 e. The van der Waals surface area contributed by atoms with Gasteiger partial charge in [-0.1, -0.05) is 12.1 Å². The van der Waals surface area contributed by atoms with Gasteiger partial charge in [-0.25, -0.2) is 4.39 Å². The molecule has 3 heteroatoms. The predicted octanol–water partition coefficient (Wildman–Crippen LogP) is 0.945. The van der Waals surface area contributed by atoms with Gasteiger partial charge in [0.15, 0.2) is 0 Å². The first-order chi connectivity index (χ1) is 3.79. The molecule has 9 heavy (non-hydrogen) atoms. The van der Waals surface area contributed by atoms with Gasteiger partial charge in [0.2, 0.25) is 0 Å². The molecule has 45 valence electrons. The van der Waals surface area contributed by atoms with E-state index in [0.717, 1.165) is 5.30 Å². The molecule has 3 radical (unpaired) electrons. The van der Waals surface area contributed by atoms with Gasteiger partial charge in [-0.05, 0) is 17.4 Å². The normalized spacial score (nSPS) is 8.22. The molecule has 0 bridgehead atoms. The van der Waals surface area contributed by atoms with E-state index in [9.17, 15) is 4.39 Å². The second kappa shape index (κ2) is 3.63. The minimum atomic E-state index is -0.184. The van der Waals surface area contributed by atoms with Crippen molar-refractivity contribution in [3.63, 3.8) is 0 Å². The monoisotopic (exact) mass is 139 g/mol. The first kappa shape index (κ1) is 8.64. The highest BCUT2D eigenvalue weighted by Gasteiger charge is 1.83. The third-order valence-corrected chi connectivity index (χ3v) is 1.25. The van der Waals surface area contributed by atoms with Crippen LogP contribution in [0.4, 0.5) is 4.39 Å². The van der Waals surface area contributed by atoms with Crippen LogP contribution in [-0.2, 0) is 0 Å². The fourth-order valence-corrected chi connectivity index (χ4v) is 0.655. The quantitative estimate of drug-likeness (QED) is 0.370. The Kier molecular flexibility index (Phi) is 3.49. The topological polar surface area (TPSA) is 0 Å². The Bertz CT molecular complexity index is 152. The highest BCUT2D eigenvalue weighted by atomic mass is 31.0. The van der Waals surface area contributed by atoms with Crippen LogP contribution in [0, 0.1) is 5.82 Å². The van der Waals surface area contributed by atoms with Crippen molar-refractivity contribution in [3.05, 3.63) is 30.1 Å². The lowest BCUT2D eigenvalue weighted by Gasteiger charge is -1.86. The first-order valence-corrected chi connectivity index (χ1v) is 2.88. The molecule has 1 aromatic rings. The third kappa shape index (κ3) is 2.62. The van der Waals surface area contributed by atoms with Crippen molar-refractivity contribution in [2.24, 2.45) is 0 Å². The van der Waals surface area contributed by atoms with Crippen molar-refractivity contribution in [2.75, 3.05) is 0 Å². The summed E-state index contributed by atoms with van der Waals surface area (Å²) >= 11 is 0. The molecule has 0 saturated heterocycles. The summed E-state index contributed by atoms with van der Waals surface area (Å²) in [7, 11) is 2.48. The summed E-state index contributed by atoms with van der Waals surface area (Å²) in [6.07, 6.45) is 0. The molecule has 0 N–H and O–H groups in total. The summed E-state index contributed by atoms with van der Waals surface area (Å²) in [5.41, 5.74) is 0. The molecule has 0 saturated carbocycles. The van der Waals surface area contributed by atoms with Gasteiger partial charge in [0.25, 0.3) is 0 Å². The van der Waals surface area contributed by atoms with Gasteiger partial charge in [-0.3, -0.25) is 0 Å². The van der Waals surface area contributed by atoms with Gasteiger partial charge in [0, 0.05) is 8.41 Å². The zero-order valence-corrected chi connectivity index (χ0v) is 6.00. The van der Waals surface area contributed by atoms with E-state index >= 15 is 0 Å². The van der Waals surface area contributed by atoms with Gasteiger partial charge in [0.1, 0.15) is 5.82 Å². The molecular weight excluding hydrogens is 133 g/mol. The van der Waals surface area contributed by atoms with Gasteiger partial charge in [-0.2, -0.15) is 0 Å². The van der Waals surface area contributed by atoms with Crippen molar-refractivity contribution in [3.8, 4) is 0 Å². The highest BCUT2D eigenvalue weighted by molar-refractivity contribution is 7.27. The average molecular weight is 139 g/mol. The van der Waals surface area contributed by atoms with Crippen LogP contribution < -0.4 is 5.30 Å². The Morgan fingerprint density at radius 1 is 1.11 bits per heavy atom. The SMILES string of the molecule is Fc1ccc(P)cc1.[B]. The molecule has 1 unspecified atom stereocenters. The molecular formula is C6H6BFP. The second-order valence-corrected chi connectivity index (χ2v) is 2.22. The van der Waals surface area contributed by atoms with E-state index in [1.54, 1.807) is 12.1 Å². The summed E-state index contributed by atoms with van der Waals surface area (Å²) in [5.74, 6) is -0.184. The predicted molar refractivity (Wildman–Crippen MR) is 41.5 cm³/mol. The molecule has 1 atom stereocenters. The Balaban J connectivity index is 0.000000640. The van der Waals surface area contributed by atoms with Crippen molar-refractivity contribution in [1.29, 1.82) is 0 Å². The lowest BCUT2D eigenvalue weighted by Crippen LogP contribution is -1.86. The van der Waals surface area contributed by atoms with Crippen LogP contribution in [0.15, 0.2) is 24.3 Å². The van der Waals surface area contributed by atoms with Crippen LogP contribution in [0.25, 0.3) is 0 Å². The van der Waals surface area contributed by atoms with Crippen LogP contribution in [-0.4, -0.2) is 8.41 Å². The van der Waals surface area contributed by atoms with E-state index in [1.165, 1.54) is 12.1 Å². The molecule has 1 aromatic carbocycles. The van der Waals surface area contributed by atoms with E-state index in [0.29, 0.717) is 0 Å². The van der Waals surface area contributed by atoms with E-state index < -0.39 is 0 Å². The Morgan fingerprint density at radius 2 is 1.56 bits per heavy atom. The molecule has 0 aliphatic rings. The standard InChI is InChI=1S/C6H6FP.B/c7-5-1-3-6(8)4-2-5;/h1-4H,8H2;. The first-order valence-electron chi connectivity index (χ1n) is 2.30. The lowest BCUT2D eigenvalue weighted by atomic mass is 10.4.